The lowest BCUT2D eigenvalue weighted by Gasteiger charge is -2.27. The molecule has 2 aliphatic heterocycles. The van der Waals surface area contributed by atoms with Crippen LogP contribution in [0.15, 0.2) is 35.0 Å². The van der Waals surface area contributed by atoms with Crippen molar-refractivity contribution >= 4 is 23.0 Å². The molecule has 1 fully saturated rings. The third-order valence-electron chi connectivity index (χ3n) is 4.27. The summed E-state index contributed by atoms with van der Waals surface area (Å²) in [6, 6.07) is 6.59. The van der Waals surface area contributed by atoms with Crippen molar-refractivity contribution in [3.8, 4) is 0 Å². The van der Waals surface area contributed by atoms with Crippen molar-refractivity contribution in [2.45, 2.75) is 42.8 Å². The predicted octanol–water partition coefficient (Wildman–Crippen LogP) is 3.63. The summed E-state index contributed by atoms with van der Waals surface area (Å²) in [5.41, 5.74) is 4.13. The number of hydrogen-bond acceptors (Lipinski definition) is 4. The van der Waals surface area contributed by atoms with Gasteiger partial charge in [-0.25, -0.2) is 4.39 Å². The van der Waals surface area contributed by atoms with E-state index in [2.05, 4.69) is 5.16 Å². The second kappa shape index (κ2) is 6.42. The van der Waals surface area contributed by atoms with Gasteiger partial charge in [0.15, 0.2) is 0 Å². The fourth-order valence-corrected chi connectivity index (χ4v) is 5.02. The molecule has 0 aromatic heterocycles. The monoisotopic (exact) mass is 321 g/mol. The first-order chi connectivity index (χ1) is 10.6. The number of oxime groups is 1. The van der Waals surface area contributed by atoms with Crippen LogP contribution in [-0.2, 0) is 4.84 Å². The van der Waals surface area contributed by atoms with Crippen molar-refractivity contribution in [2.75, 3.05) is 7.11 Å². The molecule has 2 bridgehead atoms. The van der Waals surface area contributed by atoms with E-state index in [-0.39, 0.29) is 17.2 Å². The third kappa shape index (κ3) is 2.79. The fourth-order valence-electron chi connectivity index (χ4n) is 3.32. The van der Waals surface area contributed by atoms with Gasteiger partial charge in [0.2, 0.25) is 0 Å². The Balaban J connectivity index is 2.12. The molecule has 118 valence electrons. The molecule has 2 unspecified atom stereocenters. The molecule has 3 rings (SSSR count). The van der Waals surface area contributed by atoms with Gasteiger partial charge in [0.25, 0.3) is 0 Å². The average molecular weight is 321 g/mol. The topological polar surface area (TPSA) is 41.8 Å². The molecule has 1 saturated heterocycles. The molecule has 5 heteroatoms. The second-order valence-corrected chi connectivity index (χ2v) is 7.11. The van der Waals surface area contributed by atoms with Crippen molar-refractivity contribution in [1.82, 2.24) is 0 Å². The number of nitrogens with zero attached hydrogens (tertiary/aromatic N) is 1. The van der Waals surface area contributed by atoms with E-state index < -0.39 is 0 Å². The van der Waals surface area contributed by atoms with Crippen LogP contribution in [0.3, 0.4) is 0 Å². The molecule has 0 aliphatic carbocycles. The van der Waals surface area contributed by atoms with Gasteiger partial charge >= 0.3 is 0 Å². The Bertz CT molecular complexity index is 612. The van der Waals surface area contributed by atoms with E-state index in [4.69, 9.17) is 4.84 Å². The highest BCUT2D eigenvalue weighted by atomic mass is 32.2. The number of thioether (sulfide) groups is 1. The number of rotatable bonds is 4. The molecular formula is C17H20FNO2S. The maximum atomic E-state index is 13.2. The first-order valence-corrected chi connectivity index (χ1v) is 8.51. The van der Waals surface area contributed by atoms with Gasteiger partial charge in [-0.1, -0.05) is 24.2 Å². The summed E-state index contributed by atoms with van der Waals surface area (Å²) in [6.07, 6.45) is 2.06. The molecule has 3 nitrogen and oxygen atoms in total. The van der Waals surface area contributed by atoms with Gasteiger partial charge in [-0.15, -0.1) is 11.8 Å². The van der Waals surface area contributed by atoms with Gasteiger partial charge in [0.05, 0.1) is 17.1 Å². The van der Waals surface area contributed by atoms with E-state index >= 15 is 0 Å². The summed E-state index contributed by atoms with van der Waals surface area (Å²) < 4.78 is 13.2. The minimum Gasteiger partial charge on any atom is -0.399 e. The van der Waals surface area contributed by atoms with Crippen LogP contribution < -0.4 is 0 Å². The van der Waals surface area contributed by atoms with Gasteiger partial charge in [-0.05, 0) is 48.1 Å². The van der Waals surface area contributed by atoms with Crippen molar-refractivity contribution in [3.05, 3.63) is 41.2 Å². The van der Waals surface area contributed by atoms with Crippen molar-refractivity contribution in [1.29, 1.82) is 0 Å². The number of aliphatic hydroxyl groups excluding tert-OH is 1. The van der Waals surface area contributed by atoms with Crippen LogP contribution in [0.4, 0.5) is 4.39 Å². The second-order valence-electron chi connectivity index (χ2n) is 5.66. The molecule has 0 amide bonds. The van der Waals surface area contributed by atoms with Gasteiger partial charge in [-0.2, -0.15) is 0 Å². The summed E-state index contributed by atoms with van der Waals surface area (Å²) >= 11 is 1.82. The average Bonchev–Trinajstić information content (AvgIpc) is 2.81. The summed E-state index contributed by atoms with van der Waals surface area (Å²) in [6.45, 7) is 2.03. The molecule has 0 saturated carbocycles. The Morgan fingerprint density at radius 2 is 2.14 bits per heavy atom. The zero-order chi connectivity index (χ0) is 15.7. The highest BCUT2D eigenvalue weighted by Gasteiger charge is 2.43. The maximum Gasteiger partial charge on any atom is 0.123 e. The molecular weight excluding hydrogens is 301 g/mol. The molecule has 1 N–H and O–H groups in total. The SMILES string of the molecule is CCC(=NOC)C1=C(c2ccc(F)cc2)CC2CC(O)[C@@H]1S2. The molecule has 2 aliphatic rings. The van der Waals surface area contributed by atoms with Gasteiger partial charge in [-0.3, -0.25) is 0 Å². The van der Waals surface area contributed by atoms with Crippen molar-refractivity contribution in [2.24, 2.45) is 5.16 Å². The highest BCUT2D eigenvalue weighted by Crippen LogP contribution is 2.49. The number of allylic oxidation sites excluding steroid dienone is 1. The number of aliphatic hydroxyl groups is 1. The third-order valence-corrected chi connectivity index (χ3v) is 5.86. The highest BCUT2D eigenvalue weighted by molar-refractivity contribution is 8.01. The number of benzene rings is 1. The summed E-state index contributed by atoms with van der Waals surface area (Å²) in [5, 5.41) is 15.0. The Labute approximate surface area is 134 Å². The molecule has 1 aromatic carbocycles. The zero-order valence-electron chi connectivity index (χ0n) is 12.8. The largest absolute Gasteiger partial charge is 0.399 e. The van der Waals surface area contributed by atoms with Crippen molar-refractivity contribution < 1.29 is 14.3 Å². The van der Waals surface area contributed by atoms with E-state index in [0.29, 0.717) is 5.25 Å². The molecule has 22 heavy (non-hydrogen) atoms. The lowest BCUT2D eigenvalue weighted by Crippen LogP contribution is -2.26. The van der Waals surface area contributed by atoms with E-state index in [0.717, 1.165) is 36.1 Å². The Morgan fingerprint density at radius 1 is 1.41 bits per heavy atom. The number of hydrogen-bond donors (Lipinski definition) is 1. The smallest absolute Gasteiger partial charge is 0.123 e. The molecule has 1 aromatic rings. The van der Waals surface area contributed by atoms with Crippen molar-refractivity contribution in [3.63, 3.8) is 0 Å². The van der Waals surface area contributed by atoms with E-state index in [1.165, 1.54) is 24.8 Å². The summed E-state index contributed by atoms with van der Waals surface area (Å²) in [5.74, 6) is -0.236. The normalized spacial score (nSPS) is 28.2. The molecule has 3 atom stereocenters. The lowest BCUT2D eigenvalue weighted by atomic mass is 9.91. The Morgan fingerprint density at radius 3 is 2.77 bits per heavy atom. The number of fused-ring (bicyclic) bond motifs is 2. The Kier molecular flexibility index (Phi) is 4.54. The predicted molar refractivity (Wildman–Crippen MR) is 88.5 cm³/mol. The molecule has 0 spiro atoms. The minimum absolute atomic E-state index is 0.0349. The zero-order valence-corrected chi connectivity index (χ0v) is 13.6. The quantitative estimate of drug-likeness (QED) is 0.680. The summed E-state index contributed by atoms with van der Waals surface area (Å²) in [4.78, 5) is 5.00. The van der Waals surface area contributed by atoms with Crippen LogP contribution in [0, 0.1) is 5.82 Å². The molecule has 2 heterocycles. The van der Waals surface area contributed by atoms with E-state index in [9.17, 15) is 9.50 Å². The van der Waals surface area contributed by atoms with Gasteiger partial charge < -0.3 is 9.94 Å². The van der Waals surface area contributed by atoms with E-state index in [1.807, 2.05) is 30.8 Å². The number of halogens is 1. The van der Waals surface area contributed by atoms with Crippen LogP contribution in [0.2, 0.25) is 0 Å². The van der Waals surface area contributed by atoms with Crippen LogP contribution in [-0.4, -0.2) is 34.5 Å². The maximum absolute atomic E-state index is 13.2. The molecule has 0 radical (unpaired) electrons. The van der Waals surface area contributed by atoms with E-state index in [1.54, 1.807) is 0 Å². The van der Waals surface area contributed by atoms with Gasteiger partial charge in [0, 0.05) is 5.25 Å². The minimum atomic E-state index is -0.350. The standard InChI is InChI=1S/C17H20FNO2S/c1-3-14(19-21-2)16-13(10-4-6-11(18)7-5-10)8-12-9-15(20)17(16)22-12/h4-7,12,15,17,20H,3,8-9H2,1-2H3/t12?,15?,17-/m0/s1. The van der Waals surface area contributed by atoms with Crippen LogP contribution >= 0.6 is 11.8 Å². The Hall–Kier alpha value is -1.33. The van der Waals surface area contributed by atoms with Gasteiger partial charge in [0.1, 0.15) is 12.9 Å². The van der Waals surface area contributed by atoms with Crippen LogP contribution in [0.5, 0.6) is 0 Å². The first kappa shape index (κ1) is 15.6. The summed E-state index contributed by atoms with van der Waals surface area (Å²) in [7, 11) is 1.54. The first-order valence-electron chi connectivity index (χ1n) is 7.57. The fraction of sp³-hybridized carbons (Fsp3) is 0.471. The van der Waals surface area contributed by atoms with Crippen LogP contribution in [0.1, 0.15) is 31.7 Å². The van der Waals surface area contributed by atoms with Crippen LogP contribution in [0.25, 0.3) is 5.57 Å². The lowest BCUT2D eigenvalue weighted by molar-refractivity contribution is 0.181.